The molecule has 0 bridgehead atoms. The summed E-state index contributed by atoms with van der Waals surface area (Å²) in [5, 5.41) is 6.00. The smallest absolute Gasteiger partial charge is 0.252 e. The number of aromatic nitrogens is 2. The molecule has 0 N–H and O–H groups in total. The molecule has 1 saturated heterocycles. The Bertz CT molecular complexity index is 681. The van der Waals surface area contributed by atoms with Crippen LogP contribution in [0.5, 0.6) is 0 Å². The molecule has 2 aromatic heterocycles. The van der Waals surface area contributed by atoms with Gasteiger partial charge in [-0.05, 0) is 37.1 Å². The lowest BCUT2D eigenvalue weighted by molar-refractivity contribution is -0.135. The summed E-state index contributed by atoms with van der Waals surface area (Å²) in [6.07, 6.45) is 4.78. The molecule has 2 aliphatic rings. The number of hydrogen-bond donors (Lipinski definition) is 0. The van der Waals surface area contributed by atoms with Crippen molar-refractivity contribution in [1.82, 2.24) is 15.0 Å². The molecule has 4 rings (SSSR count). The first-order valence-corrected chi connectivity index (χ1v) is 9.40. The highest BCUT2D eigenvalue weighted by Gasteiger charge is 2.29. The van der Waals surface area contributed by atoms with Crippen molar-refractivity contribution in [3.8, 4) is 0 Å². The maximum absolute atomic E-state index is 12.4. The van der Waals surface area contributed by atoms with Crippen LogP contribution >= 0.6 is 11.3 Å². The van der Waals surface area contributed by atoms with E-state index in [9.17, 15) is 4.79 Å². The normalized spacial score (nSPS) is 21.2. The van der Waals surface area contributed by atoms with Gasteiger partial charge in [-0.1, -0.05) is 11.2 Å². The second-order valence-electron chi connectivity index (χ2n) is 6.49. The van der Waals surface area contributed by atoms with Gasteiger partial charge in [0.1, 0.15) is 6.61 Å². The number of carbonyl (C=O) groups excluding carboxylic acids is 1. The fourth-order valence-corrected chi connectivity index (χ4v) is 3.69. The molecule has 0 spiro atoms. The topological polar surface area (TPSA) is 68.5 Å². The Morgan fingerprint density at radius 1 is 1.42 bits per heavy atom. The van der Waals surface area contributed by atoms with E-state index in [4.69, 9.17) is 9.26 Å². The Morgan fingerprint density at radius 2 is 2.33 bits per heavy atom. The van der Waals surface area contributed by atoms with E-state index in [-0.39, 0.29) is 12.0 Å². The van der Waals surface area contributed by atoms with E-state index in [0.717, 1.165) is 42.9 Å². The van der Waals surface area contributed by atoms with Crippen LogP contribution in [-0.4, -0.2) is 40.1 Å². The lowest BCUT2D eigenvalue weighted by Gasteiger charge is -2.32. The number of likely N-dealkylation sites (tertiary alicyclic amines) is 1. The first kappa shape index (κ1) is 15.8. The van der Waals surface area contributed by atoms with Crippen molar-refractivity contribution in [3.63, 3.8) is 0 Å². The molecule has 2 aromatic rings. The molecule has 0 radical (unpaired) electrons. The van der Waals surface area contributed by atoms with Crippen LogP contribution in [-0.2, 0) is 22.6 Å². The number of rotatable bonds is 6. The monoisotopic (exact) mass is 347 g/mol. The molecule has 1 saturated carbocycles. The fraction of sp³-hybridized carbons (Fsp3) is 0.588. The third kappa shape index (κ3) is 3.84. The SMILES string of the molecule is O=C(Cc1cccs1)N1CCC[C@H](OCc2nc(C3CC3)no2)C1. The van der Waals surface area contributed by atoms with Crippen molar-refractivity contribution in [2.75, 3.05) is 13.1 Å². The van der Waals surface area contributed by atoms with Crippen LogP contribution in [0.1, 0.15) is 48.2 Å². The lowest BCUT2D eigenvalue weighted by atomic mass is 10.1. The highest BCUT2D eigenvalue weighted by atomic mass is 32.1. The zero-order chi connectivity index (χ0) is 16.4. The minimum atomic E-state index is 0.0438. The number of hydrogen-bond acceptors (Lipinski definition) is 6. The van der Waals surface area contributed by atoms with Gasteiger partial charge in [0.05, 0.1) is 12.5 Å². The van der Waals surface area contributed by atoms with Gasteiger partial charge in [-0.3, -0.25) is 4.79 Å². The van der Waals surface area contributed by atoms with Crippen molar-refractivity contribution < 1.29 is 14.1 Å². The first-order chi connectivity index (χ1) is 11.8. The Kier molecular flexibility index (Phi) is 4.62. The molecule has 6 nitrogen and oxygen atoms in total. The number of ether oxygens (including phenoxy) is 1. The number of nitrogens with zero attached hydrogens (tertiary/aromatic N) is 3. The predicted octanol–water partition coefficient (Wildman–Crippen LogP) is 2.76. The van der Waals surface area contributed by atoms with Gasteiger partial charge >= 0.3 is 0 Å². The van der Waals surface area contributed by atoms with Crippen LogP contribution in [0.25, 0.3) is 0 Å². The predicted molar refractivity (Wildman–Crippen MR) is 88.7 cm³/mol. The number of carbonyl (C=O) groups is 1. The molecule has 0 aromatic carbocycles. The minimum absolute atomic E-state index is 0.0438. The van der Waals surface area contributed by atoms with Crippen molar-refractivity contribution in [2.45, 2.75) is 50.7 Å². The molecule has 1 amide bonds. The van der Waals surface area contributed by atoms with Gasteiger partial charge in [0.15, 0.2) is 5.82 Å². The summed E-state index contributed by atoms with van der Waals surface area (Å²) in [4.78, 5) is 19.8. The maximum Gasteiger partial charge on any atom is 0.252 e. The Morgan fingerprint density at radius 3 is 3.12 bits per heavy atom. The Balaban J connectivity index is 1.27. The van der Waals surface area contributed by atoms with E-state index in [1.807, 2.05) is 22.4 Å². The van der Waals surface area contributed by atoms with E-state index in [2.05, 4.69) is 10.1 Å². The average molecular weight is 347 g/mol. The van der Waals surface area contributed by atoms with Crippen LogP contribution in [0.3, 0.4) is 0 Å². The molecule has 7 heteroatoms. The molecule has 1 aliphatic heterocycles. The van der Waals surface area contributed by atoms with E-state index in [1.165, 1.54) is 0 Å². The standard InChI is InChI=1S/C17H21N3O3S/c21-16(9-14-4-2-8-24-14)20-7-1-3-13(10-20)22-11-15-18-17(19-23-15)12-5-6-12/h2,4,8,12-13H,1,3,5-7,9-11H2/t13-/m0/s1. The zero-order valence-corrected chi connectivity index (χ0v) is 14.3. The van der Waals surface area contributed by atoms with E-state index < -0.39 is 0 Å². The van der Waals surface area contributed by atoms with Crippen LogP contribution in [0.4, 0.5) is 0 Å². The van der Waals surface area contributed by atoms with Gasteiger partial charge in [-0.15, -0.1) is 11.3 Å². The van der Waals surface area contributed by atoms with Gasteiger partial charge in [-0.2, -0.15) is 4.98 Å². The number of amides is 1. The van der Waals surface area contributed by atoms with Gasteiger partial charge < -0.3 is 14.2 Å². The first-order valence-electron chi connectivity index (χ1n) is 8.52. The second kappa shape index (κ2) is 7.03. The molecule has 0 unspecified atom stereocenters. The molecule has 3 heterocycles. The lowest BCUT2D eigenvalue weighted by Crippen LogP contribution is -2.43. The van der Waals surface area contributed by atoms with Crippen LogP contribution in [0, 0.1) is 0 Å². The molecule has 128 valence electrons. The third-order valence-corrected chi connectivity index (χ3v) is 5.38. The summed E-state index contributed by atoms with van der Waals surface area (Å²) in [6, 6.07) is 3.99. The van der Waals surface area contributed by atoms with Crippen molar-refractivity contribution in [1.29, 1.82) is 0 Å². The summed E-state index contributed by atoms with van der Waals surface area (Å²) in [5.74, 6) is 2.02. The summed E-state index contributed by atoms with van der Waals surface area (Å²) in [7, 11) is 0. The van der Waals surface area contributed by atoms with Crippen LogP contribution < -0.4 is 0 Å². The van der Waals surface area contributed by atoms with E-state index >= 15 is 0 Å². The molecule has 2 fully saturated rings. The van der Waals surface area contributed by atoms with Crippen molar-refractivity contribution in [2.24, 2.45) is 0 Å². The highest BCUT2D eigenvalue weighted by Crippen LogP contribution is 2.38. The Labute approximate surface area is 144 Å². The average Bonchev–Trinajstić information content (AvgIpc) is 3.13. The van der Waals surface area contributed by atoms with Gasteiger partial charge in [0, 0.05) is 23.9 Å². The van der Waals surface area contributed by atoms with E-state index in [1.54, 1.807) is 11.3 Å². The maximum atomic E-state index is 12.4. The quantitative estimate of drug-likeness (QED) is 0.804. The summed E-state index contributed by atoms with van der Waals surface area (Å²) < 4.78 is 11.1. The zero-order valence-electron chi connectivity index (χ0n) is 13.5. The molecule has 1 atom stereocenters. The van der Waals surface area contributed by atoms with E-state index in [0.29, 0.717) is 31.4 Å². The van der Waals surface area contributed by atoms with Crippen molar-refractivity contribution >= 4 is 17.2 Å². The summed E-state index contributed by atoms with van der Waals surface area (Å²) >= 11 is 1.63. The molecular formula is C17H21N3O3S. The molecular weight excluding hydrogens is 326 g/mol. The largest absolute Gasteiger partial charge is 0.367 e. The highest BCUT2D eigenvalue weighted by molar-refractivity contribution is 7.10. The van der Waals surface area contributed by atoms with Gasteiger partial charge in [0.2, 0.25) is 5.91 Å². The van der Waals surface area contributed by atoms with Gasteiger partial charge in [-0.25, -0.2) is 0 Å². The minimum Gasteiger partial charge on any atom is -0.367 e. The number of thiophene rings is 1. The number of piperidine rings is 1. The van der Waals surface area contributed by atoms with Gasteiger partial charge in [0.25, 0.3) is 5.89 Å². The second-order valence-corrected chi connectivity index (χ2v) is 7.52. The van der Waals surface area contributed by atoms with Crippen molar-refractivity contribution in [3.05, 3.63) is 34.1 Å². The Hall–Kier alpha value is -1.73. The van der Waals surface area contributed by atoms with Crippen LogP contribution in [0.15, 0.2) is 22.0 Å². The fourth-order valence-electron chi connectivity index (χ4n) is 3.00. The summed E-state index contributed by atoms with van der Waals surface area (Å²) in [6.45, 7) is 1.79. The third-order valence-electron chi connectivity index (χ3n) is 4.51. The summed E-state index contributed by atoms with van der Waals surface area (Å²) in [5.41, 5.74) is 0. The molecule has 24 heavy (non-hydrogen) atoms. The molecule has 1 aliphatic carbocycles. The van der Waals surface area contributed by atoms with Crippen LogP contribution in [0.2, 0.25) is 0 Å².